The molecule has 0 unspecified atom stereocenters. The second kappa shape index (κ2) is 2.26. The first kappa shape index (κ1) is 5.75. The zero-order valence-electron chi connectivity index (χ0n) is 4.70. The molecule has 0 aliphatic heterocycles. The average Bonchev–Trinajstić information content (AvgIpc) is 2.37. The summed E-state index contributed by atoms with van der Waals surface area (Å²) in [6.45, 7) is 3.27. The van der Waals surface area contributed by atoms with E-state index in [9.17, 15) is 4.79 Å². The first-order chi connectivity index (χ1) is 4.34. The molecule has 3 heteroatoms. The molecular formula is C6H5NO2. The Morgan fingerprint density at radius 3 is 3.11 bits per heavy atom. The maximum absolute atomic E-state index is 10.6. The number of ketones is 1. The minimum atomic E-state index is -0.292. The second-order valence-electron chi connectivity index (χ2n) is 1.41. The van der Waals surface area contributed by atoms with Crippen LogP contribution in [0.5, 0.6) is 0 Å². The lowest BCUT2D eigenvalue weighted by atomic mass is 10.4. The van der Waals surface area contributed by atoms with Crippen molar-refractivity contribution in [2.24, 2.45) is 0 Å². The highest BCUT2D eigenvalue weighted by atomic mass is 16.3. The van der Waals surface area contributed by atoms with Gasteiger partial charge < -0.3 is 4.42 Å². The number of aromatic nitrogens is 1. The Hall–Kier alpha value is -1.38. The molecule has 46 valence electrons. The van der Waals surface area contributed by atoms with Gasteiger partial charge in [0.25, 0.3) is 5.89 Å². The third kappa shape index (κ3) is 1.05. The first-order valence-electron chi connectivity index (χ1n) is 2.41. The highest BCUT2D eigenvalue weighted by molar-refractivity contribution is 6.00. The lowest BCUT2D eigenvalue weighted by Crippen LogP contribution is -1.91. The fourth-order valence-electron chi connectivity index (χ4n) is 0.432. The summed E-state index contributed by atoms with van der Waals surface area (Å²) in [5, 5.41) is 0. The van der Waals surface area contributed by atoms with Crippen LogP contribution in [0.2, 0.25) is 0 Å². The summed E-state index contributed by atoms with van der Waals surface area (Å²) in [4.78, 5) is 14.2. The van der Waals surface area contributed by atoms with Gasteiger partial charge in [-0.05, 0) is 6.08 Å². The van der Waals surface area contributed by atoms with Crippen molar-refractivity contribution in [3.05, 3.63) is 31.0 Å². The predicted octanol–water partition coefficient (Wildman–Crippen LogP) is 1.04. The smallest absolute Gasteiger partial charge is 0.267 e. The summed E-state index contributed by atoms with van der Waals surface area (Å²) in [7, 11) is 0. The van der Waals surface area contributed by atoms with Crippen LogP contribution in [-0.2, 0) is 0 Å². The predicted molar refractivity (Wildman–Crippen MR) is 31.0 cm³/mol. The maximum atomic E-state index is 10.6. The minimum Gasteiger partial charge on any atom is -0.442 e. The molecule has 0 atom stereocenters. The Kier molecular flexibility index (Phi) is 1.44. The summed E-state index contributed by atoms with van der Waals surface area (Å²) >= 11 is 0. The average molecular weight is 123 g/mol. The summed E-state index contributed by atoms with van der Waals surface area (Å²) in [5.41, 5.74) is 0. The van der Waals surface area contributed by atoms with E-state index in [0.29, 0.717) is 0 Å². The van der Waals surface area contributed by atoms with Crippen molar-refractivity contribution in [1.82, 2.24) is 4.98 Å². The zero-order valence-corrected chi connectivity index (χ0v) is 4.70. The van der Waals surface area contributed by atoms with Gasteiger partial charge in [-0.25, -0.2) is 4.98 Å². The van der Waals surface area contributed by atoms with Crippen molar-refractivity contribution in [3.63, 3.8) is 0 Å². The number of carbonyl (C=O) groups excluding carboxylic acids is 1. The summed E-state index contributed by atoms with van der Waals surface area (Å²) in [6, 6.07) is 0. The van der Waals surface area contributed by atoms with Crippen LogP contribution in [0.4, 0.5) is 0 Å². The van der Waals surface area contributed by atoms with Crippen LogP contribution in [0.1, 0.15) is 10.7 Å². The van der Waals surface area contributed by atoms with Gasteiger partial charge in [-0.2, -0.15) is 0 Å². The van der Waals surface area contributed by atoms with Crippen LogP contribution in [0, 0.1) is 0 Å². The van der Waals surface area contributed by atoms with Gasteiger partial charge in [0.15, 0.2) is 0 Å². The number of hydrogen-bond donors (Lipinski definition) is 0. The van der Waals surface area contributed by atoms with Gasteiger partial charge in [0, 0.05) is 0 Å². The largest absolute Gasteiger partial charge is 0.442 e. The van der Waals surface area contributed by atoms with E-state index in [2.05, 4.69) is 16.0 Å². The molecule has 1 aromatic heterocycles. The van der Waals surface area contributed by atoms with Gasteiger partial charge in [0.1, 0.15) is 6.26 Å². The molecule has 0 aliphatic rings. The second-order valence-corrected chi connectivity index (χ2v) is 1.41. The van der Waals surface area contributed by atoms with E-state index in [-0.39, 0.29) is 11.7 Å². The molecule has 0 aliphatic carbocycles. The van der Waals surface area contributed by atoms with Crippen LogP contribution < -0.4 is 0 Å². The van der Waals surface area contributed by atoms with E-state index in [1.807, 2.05) is 0 Å². The Labute approximate surface area is 52.0 Å². The third-order valence-corrected chi connectivity index (χ3v) is 0.829. The van der Waals surface area contributed by atoms with Gasteiger partial charge in [0.2, 0.25) is 5.78 Å². The van der Waals surface area contributed by atoms with E-state index in [1.165, 1.54) is 12.5 Å². The van der Waals surface area contributed by atoms with E-state index >= 15 is 0 Å². The number of hydrogen-bond acceptors (Lipinski definition) is 3. The third-order valence-electron chi connectivity index (χ3n) is 0.829. The fraction of sp³-hybridized carbons (Fsp3) is 0. The number of oxazole rings is 1. The van der Waals surface area contributed by atoms with Gasteiger partial charge in [0.05, 0.1) is 6.20 Å². The molecule has 1 rings (SSSR count). The van der Waals surface area contributed by atoms with Crippen molar-refractivity contribution < 1.29 is 9.21 Å². The molecule has 0 spiro atoms. The quantitative estimate of drug-likeness (QED) is 0.436. The molecule has 1 heterocycles. The highest BCUT2D eigenvalue weighted by Gasteiger charge is 2.03. The van der Waals surface area contributed by atoms with Gasteiger partial charge in [-0.3, -0.25) is 4.79 Å². The number of allylic oxidation sites excluding steroid dienone is 1. The lowest BCUT2D eigenvalue weighted by molar-refractivity contribution is 0.101. The molecule has 0 saturated carbocycles. The first-order valence-corrected chi connectivity index (χ1v) is 2.41. The van der Waals surface area contributed by atoms with Crippen LogP contribution >= 0.6 is 0 Å². The molecule has 0 amide bonds. The number of carbonyl (C=O) groups is 1. The van der Waals surface area contributed by atoms with Crippen molar-refractivity contribution in [2.45, 2.75) is 0 Å². The standard InChI is InChI=1S/C6H5NO2/c1-2-5(8)6-7-3-4-9-6/h2-4H,1H2. The lowest BCUT2D eigenvalue weighted by Gasteiger charge is -1.80. The molecule has 0 N–H and O–H groups in total. The number of rotatable bonds is 2. The molecule has 0 saturated heterocycles. The molecule has 0 aromatic carbocycles. The van der Waals surface area contributed by atoms with Crippen molar-refractivity contribution in [1.29, 1.82) is 0 Å². The van der Waals surface area contributed by atoms with Crippen LogP contribution in [0.25, 0.3) is 0 Å². The maximum Gasteiger partial charge on any atom is 0.267 e. The van der Waals surface area contributed by atoms with E-state index in [4.69, 9.17) is 0 Å². The summed E-state index contributed by atoms with van der Waals surface area (Å²) in [6.07, 6.45) is 3.92. The van der Waals surface area contributed by atoms with Crippen LogP contribution in [0.15, 0.2) is 29.5 Å². The fourth-order valence-corrected chi connectivity index (χ4v) is 0.432. The van der Waals surface area contributed by atoms with Crippen molar-refractivity contribution in [3.8, 4) is 0 Å². The summed E-state index contributed by atoms with van der Waals surface area (Å²) < 4.78 is 4.65. The van der Waals surface area contributed by atoms with Crippen LogP contribution in [-0.4, -0.2) is 10.8 Å². The SMILES string of the molecule is C=CC(=O)c1ncco1. The molecular weight excluding hydrogens is 118 g/mol. The van der Waals surface area contributed by atoms with Crippen molar-refractivity contribution in [2.75, 3.05) is 0 Å². The minimum absolute atomic E-state index is 0.0880. The van der Waals surface area contributed by atoms with Gasteiger partial charge in [-0.1, -0.05) is 6.58 Å². The highest BCUT2D eigenvalue weighted by Crippen LogP contribution is 1.95. The monoisotopic (exact) mass is 123 g/mol. The Bertz CT molecular complexity index is 213. The molecule has 0 fully saturated rings. The Balaban J connectivity index is 2.89. The molecule has 9 heavy (non-hydrogen) atoms. The number of nitrogens with zero attached hydrogens (tertiary/aromatic N) is 1. The van der Waals surface area contributed by atoms with Crippen LogP contribution in [0.3, 0.4) is 0 Å². The summed E-state index contributed by atoms with van der Waals surface area (Å²) in [5.74, 6) is -0.204. The van der Waals surface area contributed by atoms with E-state index < -0.39 is 0 Å². The normalized spacial score (nSPS) is 8.89. The van der Waals surface area contributed by atoms with Crippen molar-refractivity contribution >= 4 is 5.78 Å². The Morgan fingerprint density at radius 1 is 1.89 bits per heavy atom. The molecule has 0 bridgehead atoms. The Morgan fingerprint density at radius 2 is 2.67 bits per heavy atom. The molecule has 3 nitrogen and oxygen atoms in total. The zero-order chi connectivity index (χ0) is 6.69. The van der Waals surface area contributed by atoms with Gasteiger partial charge in [-0.15, -0.1) is 0 Å². The molecule has 1 aromatic rings. The molecule has 0 radical (unpaired) electrons. The van der Waals surface area contributed by atoms with Gasteiger partial charge >= 0.3 is 0 Å². The van der Waals surface area contributed by atoms with E-state index in [1.54, 1.807) is 0 Å². The van der Waals surface area contributed by atoms with E-state index in [0.717, 1.165) is 6.08 Å². The topological polar surface area (TPSA) is 43.1 Å².